The van der Waals surface area contributed by atoms with Crippen molar-refractivity contribution < 1.29 is 9.18 Å². The molecule has 0 heterocycles. The fourth-order valence-electron chi connectivity index (χ4n) is 2.18. The maximum Gasteiger partial charge on any atom is 0.254 e. The van der Waals surface area contributed by atoms with Gasteiger partial charge in [-0.2, -0.15) is 0 Å². The molecule has 1 unspecified atom stereocenters. The summed E-state index contributed by atoms with van der Waals surface area (Å²) in [7, 11) is 0. The summed E-state index contributed by atoms with van der Waals surface area (Å²) >= 11 is 0. The highest BCUT2D eigenvalue weighted by Gasteiger charge is 2.17. The molecule has 19 heavy (non-hydrogen) atoms. The predicted octanol–water partition coefficient (Wildman–Crippen LogP) is 2.63. The van der Waals surface area contributed by atoms with E-state index < -0.39 is 11.7 Å². The van der Waals surface area contributed by atoms with Crippen LogP contribution in [0.4, 0.5) is 4.39 Å². The largest absolute Gasteiger partial charge is 0.350 e. The second-order valence-electron chi connectivity index (χ2n) is 4.93. The van der Waals surface area contributed by atoms with Crippen LogP contribution < -0.4 is 11.1 Å². The van der Waals surface area contributed by atoms with E-state index in [-0.39, 0.29) is 11.6 Å². The van der Waals surface area contributed by atoms with Crippen LogP contribution in [0.15, 0.2) is 18.2 Å². The lowest BCUT2D eigenvalue weighted by Crippen LogP contribution is -2.42. The fraction of sp³-hybridized carbons (Fsp3) is 0.533. The summed E-state index contributed by atoms with van der Waals surface area (Å²) in [5.74, 6) is -0.524. The van der Waals surface area contributed by atoms with Gasteiger partial charge in [-0.3, -0.25) is 4.79 Å². The molecule has 0 fully saturated rings. The summed E-state index contributed by atoms with van der Waals surface area (Å²) < 4.78 is 13.5. The Kier molecular flexibility index (Phi) is 5.96. The molecular formula is C15H23FN2O. The van der Waals surface area contributed by atoms with E-state index >= 15 is 0 Å². The predicted molar refractivity (Wildman–Crippen MR) is 75.5 cm³/mol. The van der Waals surface area contributed by atoms with Gasteiger partial charge in [-0.1, -0.05) is 38.3 Å². The van der Waals surface area contributed by atoms with Crippen LogP contribution in [0.1, 0.15) is 42.6 Å². The molecule has 1 rings (SSSR count). The van der Waals surface area contributed by atoms with Crippen LogP contribution in [0.25, 0.3) is 0 Å². The van der Waals surface area contributed by atoms with Crippen molar-refractivity contribution in [3.63, 3.8) is 0 Å². The molecule has 0 spiro atoms. The van der Waals surface area contributed by atoms with E-state index in [0.717, 1.165) is 18.4 Å². The Morgan fingerprint density at radius 3 is 2.58 bits per heavy atom. The molecule has 0 aliphatic carbocycles. The van der Waals surface area contributed by atoms with Crippen molar-refractivity contribution in [1.82, 2.24) is 5.32 Å². The van der Waals surface area contributed by atoms with Gasteiger partial charge in [-0.05, 0) is 25.0 Å². The van der Waals surface area contributed by atoms with Gasteiger partial charge < -0.3 is 11.1 Å². The molecule has 1 amide bonds. The standard InChI is InChI=1S/C15H23FN2O/c1-4-11(5-2)14(17)9-18-15(19)12-8-10(3)6-7-13(12)16/h6-8,11,14H,4-5,9,17H2,1-3H3,(H,18,19). The highest BCUT2D eigenvalue weighted by atomic mass is 19.1. The second-order valence-corrected chi connectivity index (χ2v) is 4.93. The van der Waals surface area contributed by atoms with Gasteiger partial charge >= 0.3 is 0 Å². The number of nitrogens with one attached hydrogen (secondary N) is 1. The Bertz CT molecular complexity index is 430. The molecule has 3 N–H and O–H groups in total. The van der Waals surface area contributed by atoms with Gasteiger partial charge in [0.15, 0.2) is 0 Å². The molecule has 1 atom stereocenters. The Morgan fingerprint density at radius 1 is 1.37 bits per heavy atom. The maximum atomic E-state index is 13.5. The van der Waals surface area contributed by atoms with E-state index in [1.807, 2.05) is 6.92 Å². The van der Waals surface area contributed by atoms with Crippen molar-refractivity contribution >= 4 is 5.91 Å². The van der Waals surface area contributed by atoms with Crippen LogP contribution in [0, 0.1) is 18.7 Å². The molecule has 106 valence electrons. The summed E-state index contributed by atoms with van der Waals surface area (Å²) in [6, 6.07) is 4.41. The Balaban J connectivity index is 2.63. The van der Waals surface area contributed by atoms with Gasteiger partial charge in [-0.25, -0.2) is 4.39 Å². The van der Waals surface area contributed by atoms with Crippen molar-refractivity contribution in [2.24, 2.45) is 11.7 Å². The lowest BCUT2D eigenvalue weighted by Gasteiger charge is -2.21. The van der Waals surface area contributed by atoms with E-state index in [4.69, 9.17) is 5.73 Å². The fourth-order valence-corrected chi connectivity index (χ4v) is 2.18. The smallest absolute Gasteiger partial charge is 0.254 e. The van der Waals surface area contributed by atoms with Crippen LogP contribution in [-0.4, -0.2) is 18.5 Å². The molecule has 0 saturated carbocycles. The van der Waals surface area contributed by atoms with Gasteiger partial charge in [0, 0.05) is 12.6 Å². The first-order valence-electron chi connectivity index (χ1n) is 6.79. The minimum absolute atomic E-state index is 0.0803. The zero-order chi connectivity index (χ0) is 14.4. The summed E-state index contributed by atoms with van der Waals surface area (Å²) in [5, 5.41) is 2.71. The topological polar surface area (TPSA) is 55.1 Å². The quantitative estimate of drug-likeness (QED) is 0.831. The third-order valence-electron chi connectivity index (χ3n) is 3.52. The van der Waals surface area contributed by atoms with Gasteiger partial charge in [0.1, 0.15) is 5.82 Å². The molecule has 0 bridgehead atoms. The summed E-state index contributed by atoms with van der Waals surface area (Å²) in [5.41, 5.74) is 6.96. The van der Waals surface area contributed by atoms with Crippen molar-refractivity contribution in [3.05, 3.63) is 35.1 Å². The van der Waals surface area contributed by atoms with Crippen LogP contribution in [0.5, 0.6) is 0 Å². The second kappa shape index (κ2) is 7.24. The van der Waals surface area contributed by atoms with Crippen LogP contribution in [0.3, 0.4) is 0 Å². The molecule has 0 saturated heterocycles. The average Bonchev–Trinajstić information content (AvgIpc) is 2.40. The number of hydrogen-bond acceptors (Lipinski definition) is 2. The van der Waals surface area contributed by atoms with Crippen LogP contribution in [0.2, 0.25) is 0 Å². The number of aryl methyl sites for hydroxylation is 1. The number of carbonyl (C=O) groups excluding carboxylic acids is 1. The number of rotatable bonds is 6. The third-order valence-corrected chi connectivity index (χ3v) is 3.52. The van der Waals surface area contributed by atoms with Crippen LogP contribution in [-0.2, 0) is 0 Å². The maximum absolute atomic E-state index is 13.5. The van der Waals surface area contributed by atoms with Gasteiger partial charge in [0.2, 0.25) is 0 Å². The first-order chi connectivity index (χ1) is 8.99. The number of halogens is 1. The normalized spacial score (nSPS) is 12.5. The zero-order valence-corrected chi connectivity index (χ0v) is 11.9. The highest BCUT2D eigenvalue weighted by molar-refractivity contribution is 5.94. The number of hydrogen-bond donors (Lipinski definition) is 2. The lowest BCUT2D eigenvalue weighted by atomic mass is 9.95. The SMILES string of the molecule is CCC(CC)C(N)CNC(=O)c1cc(C)ccc1F. The Labute approximate surface area is 114 Å². The zero-order valence-electron chi connectivity index (χ0n) is 11.9. The van der Waals surface area contributed by atoms with E-state index in [2.05, 4.69) is 19.2 Å². The number of benzene rings is 1. The first kappa shape index (κ1) is 15.6. The molecule has 0 aliphatic heterocycles. The third kappa shape index (κ3) is 4.31. The Hall–Kier alpha value is -1.42. The Morgan fingerprint density at radius 2 is 2.00 bits per heavy atom. The first-order valence-corrected chi connectivity index (χ1v) is 6.79. The molecule has 1 aromatic carbocycles. The van der Waals surface area contributed by atoms with Gasteiger partial charge in [0.25, 0.3) is 5.91 Å². The number of amides is 1. The van der Waals surface area contributed by atoms with Gasteiger partial charge in [0.05, 0.1) is 5.56 Å². The van der Waals surface area contributed by atoms with E-state index in [0.29, 0.717) is 12.5 Å². The molecule has 4 heteroatoms. The molecular weight excluding hydrogens is 243 g/mol. The van der Waals surface area contributed by atoms with Gasteiger partial charge in [-0.15, -0.1) is 0 Å². The van der Waals surface area contributed by atoms with Crippen molar-refractivity contribution in [2.45, 2.75) is 39.7 Å². The summed E-state index contributed by atoms with van der Waals surface area (Å²) in [6.07, 6.45) is 1.96. The minimum Gasteiger partial charge on any atom is -0.350 e. The number of nitrogens with two attached hydrogens (primary N) is 1. The molecule has 1 aromatic rings. The monoisotopic (exact) mass is 266 g/mol. The summed E-state index contributed by atoms with van der Waals surface area (Å²) in [6.45, 7) is 6.36. The van der Waals surface area contributed by atoms with E-state index in [1.54, 1.807) is 12.1 Å². The average molecular weight is 266 g/mol. The number of carbonyl (C=O) groups is 1. The summed E-state index contributed by atoms with van der Waals surface area (Å²) in [4.78, 5) is 11.9. The van der Waals surface area contributed by atoms with Crippen LogP contribution >= 0.6 is 0 Å². The molecule has 0 radical (unpaired) electrons. The molecule has 0 aliphatic rings. The molecule has 0 aromatic heterocycles. The van der Waals surface area contributed by atoms with Crippen molar-refractivity contribution in [2.75, 3.05) is 6.54 Å². The van der Waals surface area contributed by atoms with Crippen molar-refractivity contribution in [1.29, 1.82) is 0 Å². The van der Waals surface area contributed by atoms with Crippen molar-refractivity contribution in [3.8, 4) is 0 Å². The minimum atomic E-state index is -0.501. The lowest BCUT2D eigenvalue weighted by molar-refractivity contribution is 0.0943. The molecule has 3 nitrogen and oxygen atoms in total. The highest BCUT2D eigenvalue weighted by Crippen LogP contribution is 2.12. The van der Waals surface area contributed by atoms with E-state index in [1.165, 1.54) is 6.07 Å². The van der Waals surface area contributed by atoms with E-state index in [9.17, 15) is 9.18 Å².